The van der Waals surface area contributed by atoms with Crippen molar-refractivity contribution in [1.82, 2.24) is 0 Å². The van der Waals surface area contributed by atoms with Crippen molar-refractivity contribution >= 4 is 0 Å². The van der Waals surface area contributed by atoms with E-state index in [0.29, 0.717) is 5.92 Å². The minimum absolute atomic E-state index is 0.606. The molecule has 0 unspecified atom stereocenters. The van der Waals surface area contributed by atoms with E-state index < -0.39 is 0 Å². The minimum atomic E-state index is 0.606. The van der Waals surface area contributed by atoms with Crippen LogP contribution in [-0.4, -0.2) is 0 Å². The van der Waals surface area contributed by atoms with Gasteiger partial charge < -0.3 is 0 Å². The zero-order valence-corrected chi connectivity index (χ0v) is 13.3. The Kier molecular flexibility index (Phi) is 9.52. The summed E-state index contributed by atoms with van der Waals surface area (Å²) in [4.78, 5) is 0. The first kappa shape index (κ1) is 17.4. The molecule has 0 saturated carbocycles. The monoisotopic (exact) mass is 256 g/mol. The van der Waals surface area contributed by atoms with E-state index in [9.17, 15) is 0 Å². The fourth-order valence-electron chi connectivity index (χ4n) is 1.69. The maximum atomic E-state index is 2.22. The Hall–Kier alpha value is -1.56. The van der Waals surface area contributed by atoms with Gasteiger partial charge in [0.1, 0.15) is 0 Å². The Balaban J connectivity index is 0.000000741. The summed E-state index contributed by atoms with van der Waals surface area (Å²) < 4.78 is 0. The molecule has 0 nitrogen and oxygen atoms in total. The lowest BCUT2D eigenvalue weighted by molar-refractivity contribution is 0.867. The van der Waals surface area contributed by atoms with E-state index in [1.807, 2.05) is 33.8 Å². The van der Waals surface area contributed by atoms with Crippen LogP contribution in [0.5, 0.6) is 0 Å². The van der Waals surface area contributed by atoms with Crippen molar-refractivity contribution in [3.63, 3.8) is 0 Å². The van der Waals surface area contributed by atoms with Crippen LogP contribution in [0.3, 0.4) is 0 Å². The van der Waals surface area contributed by atoms with Gasteiger partial charge in [-0.15, -0.1) is 0 Å². The molecule has 0 amide bonds. The molecule has 0 aliphatic carbocycles. The summed E-state index contributed by atoms with van der Waals surface area (Å²) in [5, 5.41) is 0. The van der Waals surface area contributed by atoms with Gasteiger partial charge in [-0.05, 0) is 22.6 Å². The Morgan fingerprint density at radius 1 is 0.579 bits per heavy atom. The Labute approximate surface area is 119 Å². The third-order valence-corrected chi connectivity index (χ3v) is 2.68. The van der Waals surface area contributed by atoms with Crippen LogP contribution in [0.2, 0.25) is 0 Å². The summed E-state index contributed by atoms with van der Waals surface area (Å²) in [6.45, 7) is 12.4. The fraction of sp³-hybridized carbons (Fsp3) is 0.368. The third-order valence-electron chi connectivity index (χ3n) is 2.68. The summed E-state index contributed by atoms with van der Waals surface area (Å²) in [7, 11) is 0. The maximum absolute atomic E-state index is 2.22. The molecule has 0 heterocycles. The van der Waals surface area contributed by atoms with Crippen LogP contribution >= 0.6 is 0 Å². The fourth-order valence-corrected chi connectivity index (χ4v) is 1.69. The lowest BCUT2D eigenvalue weighted by Gasteiger charge is -2.06. The van der Waals surface area contributed by atoms with Gasteiger partial charge >= 0.3 is 0 Å². The van der Waals surface area contributed by atoms with Crippen LogP contribution in [0.1, 0.15) is 53.0 Å². The Bertz CT molecular complexity index is 410. The van der Waals surface area contributed by atoms with Crippen LogP contribution in [-0.2, 0) is 0 Å². The molecule has 0 radical (unpaired) electrons. The number of hydrogen-bond donors (Lipinski definition) is 0. The van der Waals surface area contributed by atoms with Gasteiger partial charge in [-0.2, -0.15) is 0 Å². The normalized spacial score (nSPS) is 9.00. The molecule has 0 atom stereocenters. The van der Waals surface area contributed by atoms with Gasteiger partial charge in [0.2, 0.25) is 0 Å². The highest BCUT2D eigenvalue weighted by molar-refractivity contribution is 5.63. The molecule has 0 N–H and O–H groups in total. The highest BCUT2D eigenvalue weighted by Gasteiger charge is 1.99. The maximum Gasteiger partial charge on any atom is -0.0184 e. The summed E-state index contributed by atoms with van der Waals surface area (Å²) in [5.41, 5.74) is 3.97. The zero-order valence-electron chi connectivity index (χ0n) is 13.3. The third kappa shape index (κ3) is 5.74. The van der Waals surface area contributed by atoms with Crippen LogP contribution in [0, 0.1) is 0 Å². The van der Waals surface area contributed by atoms with E-state index in [1.54, 1.807) is 0 Å². The van der Waals surface area contributed by atoms with Crippen LogP contribution < -0.4 is 0 Å². The van der Waals surface area contributed by atoms with Gasteiger partial charge in [-0.25, -0.2) is 0 Å². The van der Waals surface area contributed by atoms with Crippen molar-refractivity contribution in [2.24, 2.45) is 0 Å². The molecule has 0 saturated heterocycles. The van der Waals surface area contributed by atoms with Gasteiger partial charge in [0.25, 0.3) is 0 Å². The molecule has 0 aromatic heterocycles. The molecule has 0 heteroatoms. The standard InChI is InChI=1S/C15H16.2C2H6/c1-12(2)13-8-10-15(11-9-13)14-6-4-3-5-7-14;2*1-2/h3-12H,1-2H3;2*1-2H3. The molecule has 104 valence electrons. The van der Waals surface area contributed by atoms with Gasteiger partial charge in [0, 0.05) is 0 Å². The number of rotatable bonds is 2. The van der Waals surface area contributed by atoms with Crippen molar-refractivity contribution in [3.05, 3.63) is 60.2 Å². The molecule has 0 aliphatic rings. The van der Waals surface area contributed by atoms with E-state index in [1.165, 1.54) is 16.7 Å². The van der Waals surface area contributed by atoms with E-state index in [2.05, 4.69) is 62.4 Å². The summed E-state index contributed by atoms with van der Waals surface area (Å²) in [5.74, 6) is 0.606. The smallest absolute Gasteiger partial charge is 0.0184 e. The van der Waals surface area contributed by atoms with Crippen molar-refractivity contribution in [2.75, 3.05) is 0 Å². The molecule has 0 bridgehead atoms. The molecular formula is C19H28. The quantitative estimate of drug-likeness (QED) is 0.573. The Morgan fingerprint density at radius 3 is 1.42 bits per heavy atom. The van der Waals surface area contributed by atoms with E-state index >= 15 is 0 Å². The number of hydrogen-bond acceptors (Lipinski definition) is 0. The lowest BCUT2D eigenvalue weighted by Crippen LogP contribution is -1.86. The summed E-state index contributed by atoms with van der Waals surface area (Å²) in [6, 6.07) is 19.3. The summed E-state index contributed by atoms with van der Waals surface area (Å²) >= 11 is 0. The van der Waals surface area contributed by atoms with E-state index in [0.717, 1.165) is 0 Å². The van der Waals surface area contributed by atoms with Crippen molar-refractivity contribution in [3.8, 4) is 11.1 Å². The first-order valence-electron chi connectivity index (χ1n) is 7.43. The predicted molar refractivity (Wildman–Crippen MR) is 88.7 cm³/mol. The van der Waals surface area contributed by atoms with Crippen molar-refractivity contribution in [2.45, 2.75) is 47.5 Å². The minimum Gasteiger partial charge on any atom is -0.0683 e. The number of benzene rings is 2. The molecule has 2 aromatic rings. The average Bonchev–Trinajstić information content (AvgIpc) is 2.52. The molecule has 0 fully saturated rings. The second kappa shape index (κ2) is 10.4. The second-order valence-corrected chi connectivity index (χ2v) is 4.14. The molecular weight excluding hydrogens is 228 g/mol. The van der Waals surface area contributed by atoms with E-state index in [-0.39, 0.29) is 0 Å². The van der Waals surface area contributed by atoms with Gasteiger partial charge in [0.15, 0.2) is 0 Å². The average molecular weight is 256 g/mol. The Morgan fingerprint density at radius 2 is 1.00 bits per heavy atom. The van der Waals surface area contributed by atoms with Gasteiger partial charge in [-0.1, -0.05) is 96.1 Å². The largest absolute Gasteiger partial charge is 0.0683 e. The van der Waals surface area contributed by atoms with Gasteiger partial charge in [-0.3, -0.25) is 0 Å². The van der Waals surface area contributed by atoms with Crippen LogP contribution in [0.15, 0.2) is 54.6 Å². The molecule has 2 rings (SSSR count). The summed E-state index contributed by atoms with van der Waals surface area (Å²) in [6.07, 6.45) is 0. The topological polar surface area (TPSA) is 0 Å². The van der Waals surface area contributed by atoms with Gasteiger partial charge in [0.05, 0.1) is 0 Å². The second-order valence-electron chi connectivity index (χ2n) is 4.14. The molecule has 0 spiro atoms. The molecule has 2 aromatic carbocycles. The zero-order chi connectivity index (χ0) is 14.7. The highest BCUT2D eigenvalue weighted by atomic mass is 14.0. The molecule has 0 aliphatic heterocycles. The first-order valence-corrected chi connectivity index (χ1v) is 7.43. The van der Waals surface area contributed by atoms with E-state index in [4.69, 9.17) is 0 Å². The highest BCUT2D eigenvalue weighted by Crippen LogP contribution is 2.22. The van der Waals surface area contributed by atoms with Crippen LogP contribution in [0.25, 0.3) is 11.1 Å². The lowest BCUT2D eigenvalue weighted by atomic mass is 9.99. The van der Waals surface area contributed by atoms with Crippen molar-refractivity contribution < 1.29 is 0 Å². The molecule has 19 heavy (non-hydrogen) atoms. The first-order chi connectivity index (χ1) is 9.27. The van der Waals surface area contributed by atoms with Crippen molar-refractivity contribution in [1.29, 1.82) is 0 Å². The van der Waals surface area contributed by atoms with Crippen LogP contribution in [0.4, 0.5) is 0 Å². The predicted octanol–water partition coefficient (Wildman–Crippen LogP) is 6.53. The SMILES string of the molecule is CC.CC.CC(C)c1ccc(-c2ccccc2)cc1.